The van der Waals surface area contributed by atoms with E-state index < -0.39 is 0 Å². The van der Waals surface area contributed by atoms with E-state index in [1.807, 2.05) is 18.2 Å². The Bertz CT molecular complexity index is 509. The maximum atomic E-state index is 9.23. The molecule has 0 aliphatic rings. The highest BCUT2D eigenvalue weighted by molar-refractivity contribution is 5.43. The average molecular weight is 195 g/mol. The fourth-order valence-electron chi connectivity index (χ4n) is 1.16. The van der Waals surface area contributed by atoms with Gasteiger partial charge in [0.25, 0.3) is 0 Å². The highest BCUT2D eigenvalue weighted by atomic mass is 16.3. The standard InChI is InChI=1S/C13H9NO/c15-13-5-1-3-11(9-13)6-7-12-4-2-8-14-10-12/h1-5,8-10,15H. The monoisotopic (exact) mass is 195 g/mol. The van der Waals surface area contributed by atoms with Crippen molar-refractivity contribution in [3.05, 3.63) is 59.9 Å². The van der Waals surface area contributed by atoms with Gasteiger partial charge in [0.15, 0.2) is 0 Å². The Kier molecular flexibility index (Phi) is 2.66. The Labute approximate surface area is 88.2 Å². The molecule has 1 aromatic carbocycles. The lowest BCUT2D eigenvalue weighted by Crippen LogP contribution is -1.76. The third-order valence-corrected chi connectivity index (χ3v) is 1.86. The summed E-state index contributed by atoms with van der Waals surface area (Å²) in [6, 6.07) is 10.6. The molecule has 0 unspecified atom stereocenters. The van der Waals surface area contributed by atoms with Crippen LogP contribution in [0, 0.1) is 11.8 Å². The van der Waals surface area contributed by atoms with Gasteiger partial charge in [-0.2, -0.15) is 0 Å². The number of phenols is 1. The Morgan fingerprint density at radius 1 is 1.00 bits per heavy atom. The van der Waals surface area contributed by atoms with E-state index in [0.717, 1.165) is 11.1 Å². The molecule has 0 aliphatic heterocycles. The number of aromatic nitrogens is 1. The number of aromatic hydroxyl groups is 1. The van der Waals surface area contributed by atoms with Crippen LogP contribution in [0.5, 0.6) is 5.75 Å². The van der Waals surface area contributed by atoms with Gasteiger partial charge in [0, 0.05) is 23.5 Å². The zero-order valence-electron chi connectivity index (χ0n) is 8.01. The molecular formula is C13H9NO. The van der Waals surface area contributed by atoms with Gasteiger partial charge in [0.05, 0.1) is 0 Å². The number of phenolic OH excluding ortho intramolecular Hbond substituents is 1. The fraction of sp³-hybridized carbons (Fsp3) is 0. The second-order valence-electron chi connectivity index (χ2n) is 3.04. The van der Waals surface area contributed by atoms with Crippen molar-refractivity contribution in [1.82, 2.24) is 4.98 Å². The van der Waals surface area contributed by atoms with Crippen molar-refractivity contribution < 1.29 is 5.11 Å². The molecule has 72 valence electrons. The Hall–Kier alpha value is -2.27. The molecule has 0 atom stereocenters. The third-order valence-electron chi connectivity index (χ3n) is 1.86. The number of hydrogen-bond donors (Lipinski definition) is 1. The number of hydrogen-bond acceptors (Lipinski definition) is 2. The van der Waals surface area contributed by atoms with E-state index in [-0.39, 0.29) is 5.75 Å². The second-order valence-corrected chi connectivity index (χ2v) is 3.04. The Morgan fingerprint density at radius 3 is 2.53 bits per heavy atom. The molecular weight excluding hydrogens is 186 g/mol. The van der Waals surface area contributed by atoms with Crippen LogP contribution >= 0.6 is 0 Å². The van der Waals surface area contributed by atoms with Gasteiger partial charge in [-0.15, -0.1) is 0 Å². The van der Waals surface area contributed by atoms with Gasteiger partial charge in [-0.3, -0.25) is 4.98 Å². The van der Waals surface area contributed by atoms with Crippen LogP contribution in [-0.2, 0) is 0 Å². The van der Waals surface area contributed by atoms with Crippen molar-refractivity contribution in [3.63, 3.8) is 0 Å². The number of pyridine rings is 1. The number of benzene rings is 1. The van der Waals surface area contributed by atoms with Crippen LogP contribution in [0.1, 0.15) is 11.1 Å². The molecule has 0 bridgehead atoms. The molecule has 0 aliphatic carbocycles. The van der Waals surface area contributed by atoms with E-state index in [2.05, 4.69) is 16.8 Å². The summed E-state index contributed by atoms with van der Waals surface area (Å²) < 4.78 is 0. The molecule has 0 saturated heterocycles. The second kappa shape index (κ2) is 4.30. The molecule has 2 heteroatoms. The minimum Gasteiger partial charge on any atom is -0.508 e. The molecule has 0 radical (unpaired) electrons. The van der Waals surface area contributed by atoms with E-state index in [1.54, 1.807) is 30.6 Å². The predicted molar refractivity (Wildman–Crippen MR) is 58.3 cm³/mol. The summed E-state index contributed by atoms with van der Waals surface area (Å²) in [5, 5.41) is 9.23. The molecule has 1 N–H and O–H groups in total. The quantitative estimate of drug-likeness (QED) is 0.653. The lowest BCUT2D eigenvalue weighted by molar-refractivity contribution is 0.475. The topological polar surface area (TPSA) is 33.1 Å². The highest BCUT2D eigenvalue weighted by Crippen LogP contribution is 2.09. The van der Waals surface area contributed by atoms with Crippen molar-refractivity contribution in [2.75, 3.05) is 0 Å². The van der Waals surface area contributed by atoms with Crippen molar-refractivity contribution in [2.24, 2.45) is 0 Å². The van der Waals surface area contributed by atoms with E-state index in [0.29, 0.717) is 0 Å². The van der Waals surface area contributed by atoms with Crippen LogP contribution in [-0.4, -0.2) is 10.1 Å². The van der Waals surface area contributed by atoms with E-state index in [1.165, 1.54) is 0 Å². The fourth-order valence-corrected chi connectivity index (χ4v) is 1.16. The summed E-state index contributed by atoms with van der Waals surface area (Å²) in [5.41, 5.74) is 1.65. The first kappa shape index (κ1) is 9.29. The molecule has 2 aromatic rings. The molecule has 2 nitrogen and oxygen atoms in total. The van der Waals surface area contributed by atoms with Gasteiger partial charge in [0.1, 0.15) is 5.75 Å². The van der Waals surface area contributed by atoms with Gasteiger partial charge in [-0.25, -0.2) is 0 Å². The summed E-state index contributed by atoms with van der Waals surface area (Å²) in [5.74, 6) is 6.15. The number of rotatable bonds is 0. The normalized spacial score (nSPS) is 9.07. The molecule has 0 fully saturated rings. The molecule has 1 aromatic heterocycles. The lowest BCUT2D eigenvalue weighted by Gasteiger charge is -1.91. The van der Waals surface area contributed by atoms with Crippen LogP contribution in [0.3, 0.4) is 0 Å². The first-order chi connectivity index (χ1) is 7.34. The SMILES string of the molecule is Oc1cccc(C#Cc2cccnc2)c1. The molecule has 0 spiro atoms. The van der Waals surface area contributed by atoms with E-state index in [4.69, 9.17) is 0 Å². The van der Waals surface area contributed by atoms with Gasteiger partial charge in [-0.1, -0.05) is 17.9 Å². The molecule has 2 rings (SSSR count). The largest absolute Gasteiger partial charge is 0.508 e. The summed E-state index contributed by atoms with van der Waals surface area (Å²) in [7, 11) is 0. The summed E-state index contributed by atoms with van der Waals surface area (Å²) >= 11 is 0. The maximum Gasteiger partial charge on any atom is 0.116 e. The molecule has 0 saturated carbocycles. The van der Waals surface area contributed by atoms with Crippen LogP contribution in [0.2, 0.25) is 0 Å². The van der Waals surface area contributed by atoms with Crippen molar-refractivity contribution in [2.45, 2.75) is 0 Å². The van der Waals surface area contributed by atoms with Crippen molar-refractivity contribution >= 4 is 0 Å². The predicted octanol–water partition coefficient (Wildman–Crippen LogP) is 2.19. The van der Waals surface area contributed by atoms with E-state index in [9.17, 15) is 5.11 Å². The molecule has 1 heterocycles. The minimum absolute atomic E-state index is 0.230. The third kappa shape index (κ3) is 2.58. The highest BCUT2D eigenvalue weighted by Gasteiger charge is 1.89. The zero-order chi connectivity index (χ0) is 10.5. The average Bonchev–Trinajstić information content (AvgIpc) is 2.28. The minimum atomic E-state index is 0.230. The summed E-state index contributed by atoms with van der Waals surface area (Å²) in [4.78, 5) is 3.96. The molecule has 0 amide bonds. The van der Waals surface area contributed by atoms with Gasteiger partial charge in [-0.05, 0) is 30.3 Å². The Morgan fingerprint density at radius 2 is 1.80 bits per heavy atom. The molecule has 15 heavy (non-hydrogen) atoms. The zero-order valence-corrected chi connectivity index (χ0v) is 8.01. The maximum absolute atomic E-state index is 9.23. The van der Waals surface area contributed by atoms with Crippen molar-refractivity contribution in [1.29, 1.82) is 0 Å². The van der Waals surface area contributed by atoms with E-state index >= 15 is 0 Å². The van der Waals surface area contributed by atoms with Crippen LogP contribution in [0.25, 0.3) is 0 Å². The Balaban J connectivity index is 2.26. The van der Waals surface area contributed by atoms with Crippen molar-refractivity contribution in [3.8, 4) is 17.6 Å². The first-order valence-corrected chi connectivity index (χ1v) is 4.56. The van der Waals surface area contributed by atoms with Gasteiger partial charge in [0.2, 0.25) is 0 Å². The van der Waals surface area contributed by atoms with Gasteiger partial charge < -0.3 is 5.11 Å². The number of nitrogens with zero attached hydrogens (tertiary/aromatic N) is 1. The lowest BCUT2D eigenvalue weighted by atomic mass is 10.2. The van der Waals surface area contributed by atoms with Gasteiger partial charge >= 0.3 is 0 Å². The van der Waals surface area contributed by atoms with Crippen LogP contribution in [0.4, 0.5) is 0 Å². The van der Waals surface area contributed by atoms with Crippen LogP contribution in [0.15, 0.2) is 48.8 Å². The first-order valence-electron chi connectivity index (χ1n) is 4.56. The smallest absolute Gasteiger partial charge is 0.116 e. The summed E-state index contributed by atoms with van der Waals surface area (Å²) in [6.07, 6.45) is 3.41. The van der Waals surface area contributed by atoms with Crippen LogP contribution < -0.4 is 0 Å². The summed E-state index contributed by atoms with van der Waals surface area (Å²) in [6.45, 7) is 0.